The molecule has 0 N–H and O–H groups in total. The van der Waals surface area contributed by atoms with Crippen LogP contribution in [0.25, 0.3) is 12.2 Å². The van der Waals surface area contributed by atoms with Crippen LogP contribution in [0.4, 0.5) is 0 Å². The standard InChI is InChI=1S/2C29H40N6/c2*1-28(2,3)23-29(4,5)35-27(30-31-32-35)26(25-16-10-7-11-17-25)34-21-19-33(20-22-34)18-12-15-24-13-8-6-9-14-24/h2*6-17,26H,18-23H2,1-5H3/b2*15-12+/t2*26-/m10/s1. The summed E-state index contributed by atoms with van der Waals surface area (Å²) < 4.78 is 4.15. The number of hydrogen-bond acceptors (Lipinski definition) is 10. The van der Waals surface area contributed by atoms with E-state index in [-0.39, 0.29) is 34.0 Å². The number of nitrogens with zero attached hydrogens (tertiary/aromatic N) is 12. The molecule has 70 heavy (non-hydrogen) atoms. The van der Waals surface area contributed by atoms with Crippen LogP contribution in [-0.2, 0) is 11.1 Å². The van der Waals surface area contributed by atoms with Gasteiger partial charge in [-0.1, -0.05) is 187 Å². The molecule has 2 aliphatic rings. The van der Waals surface area contributed by atoms with E-state index in [0.717, 1.165) is 89.9 Å². The van der Waals surface area contributed by atoms with Gasteiger partial charge in [0.25, 0.3) is 0 Å². The molecule has 2 saturated heterocycles. The third-order valence-corrected chi connectivity index (χ3v) is 13.3. The van der Waals surface area contributed by atoms with E-state index in [9.17, 15) is 0 Å². The Morgan fingerprint density at radius 2 is 0.743 bits per heavy atom. The van der Waals surface area contributed by atoms with Crippen LogP contribution in [-0.4, -0.2) is 125 Å². The molecular weight excluding hydrogens is 865 g/mol. The molecule has 0 spiro atoms. The summed E-state index contributed by atoms with van der Waals surface area (Å²) in [5, 5.41) is 26.5. The van der Waals surface area contributed by atoms with Gasteiger partial charge in [-0.2, -0.15) is 0 Å². The minimum atomic E-state index is -0.186. The smallest absolute Gasteiger partial charge is 0.173 e. The number of benzene rings is 4. The summed E-state index contributed by atoms with van der Waals surface area (Å²) in [5.74, 6) is 1.87. The van der Waals surface area contributed by atoms with Gasteiger partial charge in [-0.25, -0.2) is 9.36 Å². The third kappa shape index (κ3) is 14.7. The van der Waals surface area contributed by atoms with Crippen LogP contribution in [0.3, 0.4) is 0 Å². The van der Waals surface area contributed by atoms with Crippen LogP contribution in [0.1, 0.15) is 128 Å². The molecule has 0 amide bonds. The minimum Gasteiger partial charge on any atom is -0.297 e. The van der Waals surface area contributed by atoms with Crippen molar-refractivity contribution in [3.05, 3.63) is 167 Å². The number of piperazine rings is 2. The number of hydrogen-bond donors (Lipinski definition) is 0. The van der Waals surface area contributed by atoms with Crippen molar-refractivity contribution in [3.63, 3.8) is 0 Å². The van der Waals surface area contributed by atoms with Crippen LogP contribution in [0.15, 0.2) is 133 Å². The van der Waals surface area contributed by atoms with Crippen LogP contribution in [0.5, 0.6) is 0 Å². The van der Waals surface area contributed by atoms with E-state index < -0.39 is 0 Å². The van der Waals surface area contributed by atoms with E-state index >= 15 is 0 Å². The number of aromatic nitrogens is 8. The molecule has 0 radical (unpaired) electrons. The van der Waals surface area contributed by atoms with Crippen molar-refractivity contribution in [1.29, 1.82) is 0 Å². The van der Waals surface area contributed by atoms with E-state index in [4.69, 9.17) is 0 Å². The summed E-state index contributed by atoms with van der Waals surface area (Å²) in [4.78, 5) is 10.1. The molecule has 2 atom stereocenters. The molecule has 2 aliphatic heterocycles. The Morgan fingerprint density at radius 1 is 0.429 bits per heavy atom. The molecular formula is C58H80N12. The molecule has 6 aromatic rings. The normalized spacial score (nSPS) is 17.2. The predicted octanol–water partition coefficient (Wildman–Crippen LogP) is 10.5. The molecule has 12 nitrogen and oxygen atoms in total. The Labute approximate surface area is 419 Å². The molecule has 372 valence electrons. The summed E-state index contributed by atoms with van der Waals surface area (Å²) in [5.41, 5.74) is 4.96. The maximum absolute atomic E-state index is 4.60. The molecule has 4 aromatic carbocycles. The molecule has 12 heteroatoms. The lowest BCUT2D eigenvalue weighted by Crippen LogP contribution is -2.48. The fraction of sp³-hybridized carbons (Fsp3) is 0.483. The zero-order chi connectivity index (χ0) is 49.8. The first-order valence-electron chi connectivity index (χ1n) is 25.5. The van der Waals surface area contributed by atoms with Gasteiger partial charge < -0.3 is 0 Å². The minimum absolute atomic E-state index is 0.0347. The number of tetrazole rings is 2. The van der Waals surface area contributed by atoms with Crippen molar-refractivity contribution in [3.8, 4) is 0 Å². The maximum atomic E-state index is 4.60. The molecule has 2 fully saturated rings. The Bertz CT molecular complexity index is 2320. The lowest BCUT2D eigenvalue weighted by atomic mass is 9.81. The zero-order valence-corrected chi connectivity index (χ0v) is 43.9. The zero-order valence-electron chi connectivity index (χ0n) is 43.9. The van der Waals surface area contributed by atoms with Gasteiger partial charge in [0.2, 0.25) is 0 Å². The Hall–Kier alpha value is -5.66. The van der Waals surface area contributed by atoms with Gasteiger partial charge in [0.1, 0.15) is 0 Å². The highest BCUT2D eigenvalue weighted by Crippen LogP contribution is 2.38. The van der Waals surface area contributed by atoms with E-state index in [2.05, 4.69) is 275 Å². The molecule has 0 unspecified atom stereocenters. The third-order valence-electron chi connectivity index (χ3n) is 13.3. The van der Waals surface area contributed by atoms with Crippen molar-refractivity contribution in [2.75, 3.05) is 65.4 Å². The SMILES string of the molecule is CC(C)(C)CC(C)(C)n1nnnc1[C@@H](c1ccccc1)N1CCN(C/C=C/c2ccccc2)CC1.CC(C)(C)CC(C)(C)n1nnnc1[C@H](c1ccccc1)N1CCN(C/C=C/c2ccccc2)CC1. The fourth-order valence-corrected chi connectivity index (χ4v) is 10.9. The predicted molar refractivity (Wildman–Crippen MR) is 286 cm³/mol. The van der Waals surface area contributed by atoms with Crippen molar-refractivity contribution < 1.29 is 0 Å². The first-order valence-corrected chi connectivity index (χ1v) is 25.5. The highest BCUT2D eigenvalue weighted by atomic mass is 15.6. The highest BCUT2D eigenvalue weighted by molar-refractivity contribution is 5.49. The van der Waals surface area contributed by atoms with Crippen molar-refractivity contribution in [2.24, 2.45) is 10.8 Å². The van der Waals surface area contributed by atoms with Gasteiger partial charge in [-0.15, -0.1) is 10.2 Å². The van der Waals surface area contributed by atoms with E-state index in [1.54, 1.807) is 0 Å². The fourth-order valence-electron chi connectivity index (χ4n) is 10.9. The Kier molecular flexibility index (Phi) is 17.5. The molecule has 8 rings (SSSR count). The summed E-state index contributed by atoms with van der Waals surface area (Å²) in [6.45, 7) is 32.6. The summed E-state index contributed by atoms with van der Waals surface area (Å²) in [6, 6.07) is 42.5. The lowest BCUT2D eigenvalue weighted by molar-refractivity contribution is 0.106. The van der Waals surface area contributed by atoms with E-state index in [1.807, 2.05) is 0 Å². The van der Waals surface area contributed by atoms with Crippen LogP contribution < -0.4 is 0 Å². The van der Waals surface area contributed by atoms with Gasteiger partial charge in [-0.05, 0) is 94.5 Å². The maximum Gasteiger partial charge on any atom is 0.173 e. The number of rotatable bonds is 16. The summed E-state index contributed by atoms with van der Waals surface area (Å²) in [7, 11) is 0. The van der Waals surface area contributed by atoms with E-state index in [0.29, 0.717) is 0 Å². The molecule has 0 bridgehead atoms. The second kappa shape index (κ2) is 23.5. The van der Waals surface area contributed by atoms with Crippen molar-refractivity contribution >= 4 is 12.2 Å². The van der Waals surface area contributed by atoms with Gasteiger partial charge in [0.15, 0.2) is 11.6 Å². The van der Waals surface area contributed by atoms with E-state index in [1.165, 1.54) is 22.3 Å². The Morgan fingerprint density at radius 3 is 1.06 bits per heavy atom. The van der Waals surface area contributed by atoms with Gasteiger partial charge >= 0.3 is 0 Å². The largest absolute Gasteiger partial charge is 0.297 e. The second-order valence-electron chi connectivity index (χ2n) is 22.9. The van der Waals surface area contributed by atoms with Crippen molar-refractivity contribution in [1.82, 2.24) is 60.0 Å². The van der Waals surface area contributed by atoms with Crippen LogP contribution >= 0.6 is 0 Å². The average molecular weight is 945 g/mol. The monoisotopic (exact) mass is 945 g/mol. The quantitative estimate of drug-likeness (QED) is 0.0932. The molecule has 2 aromatic heterocycles. The lowest BCUT2D eigenvalue weighted by Gasteiger charge is -2.40. The van der Waals surface area contributed by atoms with Crippen LogP contribution in [0, 0.1) is 10.8 Å². The Balaban J connectivity index is 0.000000206. The first-order chi connectivity index (χ1) is 33.5. The van der Waals surface area contributed by atoms with Crippen molar-refractivity contribution in [2.45, 2.75) is 105 Å². The molecule has 4 heterocycles. The van der Waals surface area contributed by atoms with Gasteiger partial charge in [-0.3, -0.25) is 19.6 Å². The van der Waals surface area contributed by atoms with Gasteiger partial charge in [0.05, 0.1) is 23.2 Å². The highest BCUT2D eigenvalue weighted by Gasteiger charge is 2.38. The van der Waals surface area contributed by atoms with Gasteiger partial charge in [0, 0.05) is 65.4 Å². The first kappa shape index (κ1) is 52.2. The summed E-state index contributed by atoms with van der Waals surface area (Å²) in [6.07, 6.45) is 10.9. The second-order valence-corrected chi connectivity index (χ2v) is 22.9. The molecule has 0 aliphatic carbocycles. The van der Waals surface area contributed by atoms with Crippen LogP contribution in [0.2, 0.25) is 0 Å². The summed E-state index contributed by atoms with van der Waals surface area (Å²) >= 11 is 0. The molecule has 0 saturated carbocycles. The topological polar surface area (TPSA) is 100 Å². The average Bonchev–Trinajstić information content (AvgIpc) is 4.03.